The molecule has 0 aromatic heterocycles. The van der Waals surface area contributed by atoms with Gasteiger partial charge in [0.2, 0.25) is 11.4 Å². The zero-order chi connectivity index (χ0) is 15.6. The van der Waals surface area contributed by atoms with Crippen molar-refractivity contribution in [2.75, 3.05) is 19.0 Å². The standard InChI is InChI=1S/C14H15N3O3S/c1-16(2)11-3-5-12(6-4-11)17(15)13-7-9-14(10-8-13)21(18,19)20/h3-10,15H,1-2H3/p+1. The second-order valence-electron chi connectivity index (χ2n) is 4.72. The number of hydrogen-bond acceptors (Lipinski definition) is 4. The van der Waals surface area contributed by atoms with E-state index in [0.29, 0.717) is 11.4 Å². The summed E-state index contributed by atoms with van der Waals surface area (Å²) in [7, 11) is -0.346. The van der Waals surface area contributed by atoms with Crippen LogP contribution < -0.4 is 9.60 Å². The predicted octanol–water partition coefficient (Wildman–Crippen LogP) is 2.86. The molecule has 0 fully saturated rings. The minimum Gasteiger partial charge on any atom is -0.378 e. The summed E-state index contributed by atoms with van der Waals surface area (Å²) >= 11 is 0. The fraction of sp³-hybridized carbons (Fsp3) is 0.143. The van der Waals surface area contributed by atoms with Crippen LogP contribution in [0, 0.1) is 5.53 Å². The Hall–Kier alpha value is -2.25. The average Bonchev–Trinajstić information content (AvgIpc) is 2.46. The molecule has 6 nitrogen and oxygen atoms in total. The number of rotatable bonds is 4. The highest BCUT2D eigenvalue weighted by Gasteiger charge is 2.16. The topological polar surface area (TPSA) is 84.5 Å². The van der Waals surface area contributed by atoms with Gasteiger partial charge in [-0.25, -0.2) is 0 Å². The van der Waals surface area contributed by atoms with Gasteiger partial charge in [0, 0.05) is 44.0 Å². The van der Waals surface area contributed by atoms with Crippen molar-refractivity contribution in [3.05, 3.63) is 48.5 Å². The van der Waals surface area contributed by atoms with Gasteiger partial charge in [-0.2, -0.15) is 8.42 Å². The maximum absolute atomic E-state index is 11.0. The van der Waals surface area contributed by atoms with E-state index in [4.69, 9.17) is 10.1 Å². The van der Waals surface area contributed by atoms with Crippen LogP contribution in [0.3, 0.4) is 0 Å². The SMILES string of the molecule is CN(C)c1ccc([N+](=N)c2ccc(S(=O)(=O)O)cc2)cc1. The number of benzene rings is 2. The molecule has 21 heavy (non-hydrogen) atoms. The molecule has 2 N–H and O–H groups in total. The normalized spacial score (nSPS) is 11.2. The van der Waals surface area contributed by atoms with Gasteiger partial charge in [0.25, 0.3) is 10.1 Å². The van der Waals surface area contributed by atoms with Crippen LogP contribution >= 0.6 is 0 Å². The lowest BCUT2D eigenvalue weighted by Crippen LogP contribution is -2.08. The van der Waals surface area contributed by atoms with Crippen LogP contribution in [-0.2, 0) is 10.1 Å². The van der Waals surface area contributed by atoms with Gasteiger partial charge in [0.15, 0.2) is 0 Å². The molecule has 2 aromatic carbocycles. The van der Waals surface area contributed by atoms with E-state index >= 15 is 0 Å². The van der Waals surface area contributed by atoms with Gasteiger partial charge in [-0.05, 0) is 29.8 Å². The van der Waals surface area contributed by atoms with Crippen molar-refractivity contribution in [1.82, 2.24) is 4.70 Å². The van der Waals surface area contributed by atoms with Crippen molar-refractivity contribution in [3.63, 3.8) is 0 Å². The molecule has 0 aliphatic heterocycles. The smallest absolute Gasteiger partial charge is 0.294 e. The van der Waals surface area contributed by atoms with Crippen molar-refractivity contribution < 1.29 is 13.0 Å². The molecule has 0 atom stereocenters. The highest BCUT2D eigenvalue weighted by Crippen LogP contribution is 2.23. The number of anilines is 1. The largest absolute Gasteiger partial charge is 0.378 e. The van der Waals surface area contributed by atoms with Crippen LogP contribution in [0.15, 0.2) is 53.4 Å². The van der Waals surface area contributed by atoms with Crippen LogP contribution in [0.2, 0.25) is 0 Å². The van der Waals surface area contributed by atoms with E-state index in [1.54, 1.807) is 12.1 Å². The first-order valence-electron chi connectivity index (χ1n) is 6.15. The van der Waals surface area contributed by atoms with Gasteiger partial charge in [-0.15, -0.1) is 0 Å². The zero-order valence-electron chi connectivity index (χ0n) is 11.7. The lowest BCUT2D eigenvalue weighted by atomic mass is 10.2. The molecule has 0 saturated carbocycles. The van der Waals surface area contributed by atoms with Gasteiger partial charge >= 0.3 is 0 Å². The summed E-state index contributed by atoms with van der Waals surface area (Å²) in [5, 5.41) is 0. The van der Waals surface area contributed by atoms with Crippen molar-refractivity contribution in [2.45, 2.75) is 4.90 Å². The van der Waals surface area contributed by atoms with E-state index in [-0.39, 0.29) is 4.90 Å². The van der Waals surface area contributed by atoms with Gasteiger partial charge in [-0.1, -0.05) is 4.70 Å². The third-order valence-corrected chi connectivity index (χ3v) is 3.88. The minimum atomic E-state index is -4.21. The first-order chi connectivity index (χ1) is 9.79. The average molecular weight is 306 g/mol. The Balaban J connectivity index is 2.27. The highest BCUT2D eigenvalue weighted by molar-refractivity contribution is 7.85. The van der Waals surface area contributed by atoms with Gasteiger partial charge in [-0.3, -0.25) is 4.55 Å². The minimum absolute atomic E-state index is 0.192. The van der Waals surface area contributed by atoms with Crippen molar-refractivity contribution in [1.29, 1.82) is 5.53 Å². The Labute approximate surface area is 123 Å². The lowest BCUT2D eigenvalue weighted by molar-refractivity contribution is 0.483. The Kier molecular flexibility index (Phi) is 4.06. The molecule has 0 aliphatic rings. The molecule has 0 radical (unpaired) electrons. The number of hydrogen-bond donors (Lipinski definition) is 2. The molecule has 2 rings (SSSR count). The number of nitrogens with one attached hydrogen (secondary N) is 1. The molecule has 0 unspecified atom stereocenters. The molecule has 0 spiro atoms. The Morgan fingerprint density at radius 3 is 1.76 bits per heavy atom. The molecular weight excluding hydrogens is 290 g/mol. The summed E-state index contributed by atoms with van der Waals surface area (Å²) in [5.74, 6) is 0. The highest BCUT2D eigenvalue weighted by atomic mass is 32.2. The molecule has 0 saturated heterocycles. The third-order valence-electron chi connectivity index (χ3n) is 3.02. The van der Waals surface area contributed by atoms with E-state index in [1.807, 2.05) is 31.1 Å². The van der Waals surface area contributed by atoms with Gasteiger partial charge in [0.05, 0.1) is 4.90 Å². The molecule has 0 heterocycles. The first kappa shape index (κ1) is 15.1. The lowest BCUT2D eigenvalue weighted by Gasteiger charge is -2.11. The maximum Gasteiger partial charge on any atom is 0.294 e. The Bertz CT molecular complexity index is 751. The quantitative estimate of drug-likeness (QED) is 0.517. The van der Waals surface area contributed by atoms with E-state index in [9.17, 15) is 8.42 Å². The molecule has 2 aromatic rings. The monoisotopic (exact) mass is 306 g/mol. The summed E-state index contributed by atoms with van der Waals surface area (Å²) in [6, 6.07) is 12.9. The van der Waals surface area contributed by atoms with E-state index in [2.05, 4.69) is 0 Å². The van der Waals surface area contributed by atoms with Crippen LogP contribution in [0.25, 0.3) is 0 Å². The number of nitrogens with zero attached hydrogens (tertiary/aromatic N) is 2. The van der Waals surface area contributed by atoms with Crippen LogP contribution in [0.1, 0.15) is 0 Å². The van der Waals surface area contributed by atoms with E-state index in [1.165, 1.54) is 29.0 Å². The van der Waals surface area contributed by atoms with Gasteiger partial charge in [0.1, 0.15) is 0 Å². The van der Waals surface area contributed by atoms with Crippen molar-refractivity contribution >= 4 is 27.2 Å². The van der Waals surface area contributed by atoms with Crippen LogP contribution in [0.4, 0.5) is 17.1 Å². The Morgan fingerprint density at radius 2 is 1.38 bits per heavy atom. The Morgan fingerprint density at radius 1 is 0.952 bits per heavy atom. The van der Waals surface area contributed by atoms with Crippen molar-refractivity contribution in [3.8, 4) is 0 Å². The maximum atomic E-state index is 11.0. The molecule has 0 aliphatic carbocycles. The summed E-state index contributed by atoms with van der Waals surface area (Å²) in [6.07, 6.45) is 0. The summed E-state index contributed by atoms with van der Waals surface area (Å²) in [6.45, 7) is 0. The summed E-state index contributed by atoms with van der Waals surface area (Å²) in [5.41, 5.74) is 10.2. The fourth-order valence-electron chi connectivity index (χ4n) is 1.82. The van der Waals surface area contributed by atoms with E-state index in [0.717, 1.165) is 5.69 Å². The van der Waals surface area contributed by atoms with E-state index < -0.39 is 10.1 Å². The summed E-state index contributed by atoms with van der Waals surface area (Å²) in [4.78, 5) is 1.77. The van der Waals surface area contributed by atoms with Crippen LogP contribution in [0.5, 0.6) is 0 Å². The first-order valence-corrected chi connectivity index (χ1v) is 7.59. The second-order valence-corrected chi connectivity index (χ2v) is 6.14. The molecule has 110 valence electrons. The van der Waals surface area contributed by atoms with Crippen LogP contribution in [-0.4, -0.2) is 27.1 Å². The molecule has 0 amide bonds. The van der Waals surface area contributed by atoms with Crippen molar-refractivity contribution in [2.24, 2.45) is 0 Å². The van der Waals surface area contributed by atoms with Gasteiger partial charge < -0.3 is 4.90 Å². The second kappa shape index (κ2) is 5.63. The third kappa shape index (κ3) is 3.45. The molecular formula is C14H16N3O3S+. The predicted molar refractivity (Wildman–Crippen MR) is 81.2 cm³/mol. The molecule has 7 heteroatoms. The summed E-state index contributed by atoms with van der Waals surface area (Å²) < 4.78 is 32.1. The molecule has 0 bridgehead atoms. The fourth-order valence-corrected chi connectivity index (χ4v) is 2.30. The zero-order valence-corrected chi connectivity index (χ0v) is 12.5.